The van der Waals surface area contributed by atoms with Gasteiger partial charge in [-0.05, 0) is 0 Å². The van der Waals surface area contributed by atoms with Gasteiger partial charge in [-0.15, -0.1) is 0 Å². The fourth-order valence-corrected chi connectivity index (χ4v) is 0.656. The Bertz CT molecular complexity index is 166. The van der Waals surface area contributed by atoms with Crippen molar-refractivity contribution in [2.75, 3.05) is 7.11 Å². The quantitative estimate of drug-likeness (QED) is 0.357. The summed E-state index contributed by atoms with van der Waals surface area (Å²) in [7, 11) is 1.12. The number of carbonyl (C=O) groups is 1. The Kier molecular flexibility index (Phi) is 9.66. The van der Waals surface area contributed by atoms with Crippen LogP contribution in [0.15, 0.2) is 0 Å². The van der Waals surface area contributed by atoms with Crippen LogP contribution in [-0.4, -0.2) is 25.3 Å². The fourth-order valence-electron chi connectivity index (χ4n) is 0.547. The van der Waals surface area contributed by atoms with E-state index in [2.05, 4.69) is 4.74 Å². The summed E-state index contributed by atoms with van der Waals surface area (Å²) in [5, 5.41) is -1.91. The Morgan fingerprint density at radius 1 is 1.54 bits per heavy atom. The van der Waals surface area contributed by atoms with Crippen LogP contribution in [0, 0.1) is 0 Å². The molecule has 0 rings (SSSR count). The molecule has 72 valence electrons. The van der Waals surface area contributed by atoms with Gasteiger partial charge in [0.05, 0.1) is 7.11 Å². The van der Waals surface area contributed by atoms with Gasteiger partial charge in [0.25, 0.3) is 0 Å². The maximum absolute atomic E-state index is 11.8. The molecule has 0 saturated carbocycles. The zero-order chi connectivity index (χ0) is 9.78. The molecule has 0 fully saturated rings. The average Bonchev–Trinajstić information content (AvgIpc) is 1.97. The molecule has 8 heteroatoms. The van der Waals surface area contributed by atoms with E-state index >= 15 is 0 Å². The first kappa shape index (κ1) is 16.7. The maximum Gasteiger partial charge on any atom is 1.00 e. The minimum atomic E-state index is -5.05. The van der Waals surface area contributed by atoms with E-state index in [0.29, 0.717) is 0 Å². The second kappa shape index (κ2) is 7.53. The van der Waals surface area contributed by atoms with Crippen LogP contribution in [0.2, 0.25) is 0 Å². The summed E-state index contributed by atoms with van der Waals surface area (Å²) in [5.41, 5.74) is 0. The van der Waals surface area contributed by atoms with Gasteiger partial charge in [-0.2, -0.15) is 11.6 Å². The minimum absolute atomic E-state index is 0. The van der Waals surface area contributed by atoms with Gasteiger partial charge in [0.15, 0.2) is 0 Å². The number of halogens is 4. The van der Waals surface area contributed by atoms with E-state index in [4.69, 9.17) is 11.6 Å². The standard InChI is InChI=1S/C5H8BClF3O2.K/c1-12-5(11)3-2-4(7)6(8,9)10;/h4H,2-3H2,1H3;/q-1;+1. The Hall–Kier alpha value is 1.25. The molecule has 0 aliphatic carbocycles. The Morgan fingerprint density at radius 3 is 2.31 bits per heavy atom. The predicted molar refractivity (Wildman–Crippen MR) is 40.0 cm³/mol. The van der Waals surface area contributed by atoms with E-state index in [9.17, 15) is 17.7 Å². The number of rotatable bonds is 4. The third kappa shape index (κ3) is 8.26. The van der Waals surface area contributed by atoms with Crippen molar-refractivity contribution in [2.45, 2.75) is 18.1 Å². The topological polar surface area (TPSA) is 26.3 Å². The summed E-state index contributed by atoms with van der Waals surface area (Å²) >= 11 is 4.95. The van der Waals surface area contributed by atoms with Crippen molar-refractivity contribution < 1.29 is 73.9 Å². The number of methoxy groups -OCH3 is 1. The fraction of sp³-hybridized carbons (Fsp3) is 0.800. The first-order valence-electron chi connectivity index (χ1n) is 3.28. The molecule has 0 amide bonds. The largest absolute Gasteiger partial charge is 1.00 e. The van der Waals surface area contributed by atoms with Crippen molar-refractivity contribution in [2.24, 2.45) is 0 Å². The molecule has 0 aromatic rings. The number of carbonyl (C=O) groups excluding carboxylic acids is 1. The summed E-state index contributed by atoms with van der Waals surface area (Å²) in [6.07, 6.45) is -0.719. The van der Waals surface area contributed by atoms with E-state index in [-0.39, 0.29) is 57.8 Å². The molecule has 0 heterocycles. The SMILES string of the molecule is COC(=O)CCC(Cl)[B-](F)(F)F.[K+]. The van der Waals surface area contributed by atoms with Gasteiger partial charge < -0.3 is 17.7 Å². The Labute approximate surface area is 122 Å². The molecule has 0 radical (unpaired) electrons. The van der Waals surface area contributed by atoms with E-state index < -0.39 is 24.6 Å². The van der Waals surface area contributed by atoms with Crippen molar-refractivity contribution in [3.05, 3.63) is 0 Å². The molecule has 0 bridgehead atoms. The van der Waals surface area contributed by atoms with Crippen LogP contribution in [0.3, 0.4) is 0 Å². The Morgan fingerprint density at radius 2 is 2.00 bits per heavy atom. The molecule has 1 atom stereocenters. The van der Waals surface area contributed by atoms with Crippen LogP contribution in [0.1, 0.15) is 12.8 Å². The molecule has 1 unspecified atom stereocenters. The molecular formula is C5H8BClF3KO2. The van der Waals surface area contributed by atoms with Crippen molar-refractivity contribution in [1.82, 2.24) is 0 Å². The molecular weight excluding hydrogens is 234 g/mol. The van der Waals surface area contributed by atoms with Crippen molar-refractivity contribution >= 4 is 24.5 Å². The van der Waals surface area contributed by atoms with Crippen LogP contribution in [0.25, 0.3) is 0 Å². The van der Waals surface area contributed by atoms with Gasteiger partial charge >= 0.3 is 64.3 Å². The van der Waals surface area contributed by atoms with Crippen LogP contribution in [-0.2, 0) is 9.53 Å². The van der Waals surface area contributed by atoms with E-state index in [1.807, 2.05) is 0 Å². The third-order valence-electron chi connectivity index (χ3n) is 1.26. The molecule has 0 aromatic carbocycles. The summed E-state index contributed by atoms with van der Waals surface area (Å²) in [5.74, 6) is -0.680. The second-order valence-electron chi connectivity index (χ2n) is 2.26. The van der Waals surface area contributed by atoms with Gasteiger partial charge in [0, 0.05) is 11.7 Å². The first-order chi connectivity index (χ1) is 5.38. The molecule has 0 N–H and O–H groups in total. The van der Waals surface area contributed by atoms with Crippen molar-refractivity contribution in [3.63, 3.8) is 0 Å². The zero-order valence-corrected chi connectivity index (χ0v) is 11.3. The molecule has 0 aliphatic heterocycles. The van der Waals surface area contributed by atoms with Crippen LogP contribution < -0.4 is 51.4 Å². The van der Waals surface area contributed by atoms with Crippen LogP contribution >= 0.6 is 11.6 Å². The van der Waals surface area contributed by atoms with E-state index in [1.54, 1.807) is 0 Å². The van der Waals surface area contributed by atoms with Crippen LogP contribution in [0.5, 0.6) is 0 Å². The average molecular weight is 242 g/mol. The van der Waals surface area contributed by atoms with Gasteiger partial charge in [-0.3, -0.25) is 4.79 Å². The summed E-state index contributed by atoms with van der Waals surface area (Å²) in [4.78, 5) is 10.4. The second-order valence-corrected chi connectivity index (χ2v) is 2.82. The van der Waals surface area contributed by atoms with Crippen molar-refractivity contribution in [1.29, 1.82) is 0 Å². The summed E-state index contributed by atoms with van der Waals surface area (Å²) in [6.45, 7) is -5.05. The summed E-state index contributed by atoms with van der Waals surface area (Å²) in [6, 6.07) is 0. The van der Waals surface area contributed by atoms with Gasteiger partial charge in [0.1, 0.15) is 0 Å². The van der Waals surface area contributed by atoms with Gasteiger partial charge in [-0.1, -0.05) is 6.42 Å². The molecule has 0 spiro atoms. The molecule has 0 aromatic heterocycles. The predicted octanol–water partition coefficient (Wildman–Crippen LogP) is -1.06. The summed E-state index contributed by atoms with van der Waals surface area (Å²) < 4.78 is 39.5. The first-order valence-corrected chi connectivity index (χ1v) is 3.72. The van der Waals surface area contributed by atoms with Gasteiger partial charge in [0.2, 0.25) is 0 Å². The normalized spacial score (nSPS) is 13.0. The number of hydrogen-bond donors (Lipinski definition) is 0. The molecule has 0 saturated heterocycles. The van der Waals surface area contributed by atoms with Crippen LogP contribution in [0.4, 0.5) is 12.9 Å². The van der Waals surface area contributed by atoms with E-state index in [0.717, 1.165) is 7.11 Å². The minimum Gasteiger partial charge on any atom is -0.469 e. The monoisotopic (exact) mass is 242 g/mol. The number of ether oxygens (including phenoxy) is 1. The Balaban J connectivity index is 0. The third-order valence-corrected chi connectivity index (χ3v) is 1.77. The van der Waals surface area contributed by atoms with Gasteiger partial charge in [-0.25, -0.2) is 0 Å². The van der Waals surface area contributed by atoms with Crippen molar-refractivity contribution in [3.8, 4) is 0 Å². The number of alkyl halides is 1. The molecule has 0 aliphatic rings. The zero-order valence-electron chi connectivity index (χ0n) is 7.40. The number of esters is 1. The molecule has 13 heavy (non-hydrogen) atoms. The number of hydrogen-bond acceptors (Lipinski definition) is 2. The van der Waals surface area contributed by atoms with E-state index in [1.165, 1.54) is 0 Å². The maximum atomic E-state index is 11.8. The molecule has 2 nitrogen and oxygen atoms in total. The smallest absolute Gasteiger partial charge is 0.469 e.